The predicted molar refractivity (Wildman–Crippen MR) is 78.5 cm³/mol. The van der Waals surface area contributed by atoms with Gasteiger partial charge in [0.05, 0.1) is 5.39 Å². The molecular weight excluding hydrogens is 343 g/mol. The van der Waals surface area contributed by atoms with Crippen LogP contribution in [0.3, 0.4) is 0 Å². The molecule has 9 heteroatoms. The summed E-state index contributed by atoms with van der Waals surface area (Å²) < 4.78 is 45.4. The van der Waals surface area contributed by atoms with Crippen LogP contribution in [0.2, 0.25) is 0 Å². The zero-order valence-electron chi connectivity index (χ0n) is 12.7. The summed E-state index contributed by atoms with van der Waals surface area (Å²) in [6, 6.07) is 10.3. The maximum absolute atomic E-state index is 12.2. The molecular formula is C16H10F3NO5. The molecule has 0 unspecified atom stereocenters. The lowest BCUT2D eigenvalue weighted by Gasteiger charge is -2.09. The Kier molecular flexibility index (Phi) is 4.22. The molecule has 0 radical (unpaired) electrons. The van der Waals surface area contributed by atoms with E-state index in [1.165, 1.54) is 24.3 Å². The maximum atomic E-state index is 12.2. The van der Waals surface area contributed by atoms with Gasteiger partial charge in [-0.25, -0.2) is 9.68 Å². The summed E-state index contributed by atoms with van der Waals surface area (Å²) in [7, 11) is 0. The summed E-state index contributed by atoms with van der Waals surface area (Å²) >= 11 is 0. The lowest BCUT2D eigenvalue weighted by molar-refractivity contribution is -0.274. The Morgan fingerprint density at radius 1 is 1.08 bits per heavy atom. The number of halogens is 3. The molecule has 3 aromatic rings. The summed E-state index contributed by atoms with van der Waals surface area (Å²) in [5.41, 5.74) is 1.70. The summed E-state index contributed by atoms with van der Waals surface area (Å²) in [5, 5.41) is 4.08. The van der Waals surface area contributed by atoms with Crippen molar-refractivity contribution >= 4 is 16.9 Å². The number of benzene rings is 2. The van der Waals surface area contributed by atoms with Gasteiger partial charge < -0.3 is 9.26 Å². The number of rotatable bonds is 4. The minimum atomic E-state index is -4.74. The number of hydrogen-bond donors (Lipinski definition) is 0. The molecule has 6 nitrogen and oxygen atoms in total. The van der Waals surface area contributed by atoms with Crippen molar-refractivity contribution in [1.82, 2.24) is 5.16 Å². The SMILES string of the molecule is CC(=O)OOc1noc2ccc(-c3ccc(OC(F)(F)F)cc3)cc12. The van der Waals surface area contributed by atoms with Crippen LogP contribution in [0, 0.1) is 0 Å². The van der Waals surface area contributed by atoms with Gasteiger partial charge in [-0.05, 0) is 40.5 Å². The number of fused-ring (bicyclic) bond motifs is 1. The third kappa shape index (κ3) is 4.00. The van der Waals surface area contributed by atoms with Crippen LogP contribution in [0.4, 0.5) is 13.2 Å². The maximum Gasteiger partial charge on any atom is 0.573 e. The van der Waals surface area contributed by atoms with Crippen LogP contribution in [-0.4, -0.2) is 17.5 Å². The van der Waals surface area contributed by atoms with E-state index in [1.54, 1.807) is 18.2 Å². The van der Waals surface area contributed by atoms with Gasteiger partial charge in [-0.3, -0.25) is 4.89 Å². The molecule has 1 heterocycles. The number of ether oxygens (including phenoxy) is 1. The van der Waals surface area contributed by atoms with Crippen molar-refractivity contribution in [3.63, 3.8) is 0 Å². The van der Waals surface area contributed by atoms with E-state index in [-0.39, 0.29) is 11.6 Å². The van der Waals surface area contributed by atoms with E-state index in [2.05, 4.69) is 14.8 Å². The van der Waals surface area contributed by atoms with Crippen molar-refractivity contribution in [2.75, 3.05) is 0 Å². The van der Waals surface area contributed by atoms with E-state index in [4.69, 9.17) is 9.41 Å². The molecule has 130 valence electrons. The van der Waals surface area contributed by atoms with Crippen LogP contribution < -0.4 is 9.62 Å². The monoisotopic (exact) mass is 353 g/mol. The van der Waals surface area contributed by atoms with Gasteiger partial charge in [0.2, 0.25) is 0 Å². The molecule has 0 saturated carbocycles. The van der Waals surface area contributed by atoms with Gasteiger partial charge in [-0.15, -0.1) is 13.2 Å². The van der Waals surface area contributed by atoms with Crippen molar-refractivity contribution < 1.29 is 37.0 Å². The highest BCUT2D eigenvalue weighted by atomic mass is 19.4. The first kappa shape index (κ1) is 16.6. The highest BCUT2D eigenvalue weighted by molar-refractivity contribution is 5.87. The molecule has 0 amide bonds. The van der Waals surface area contributed by atoms with Crippen LogP contribution in [0.25, 0.3) is 22.1 Å². The third-order valence-electron chi connectivity index (χ3n) is 3.10. The molecule has 3 rings (SSSR count). The van der Waals surface area contributed by atoms with E-state index >= 15 is 0 Å². The molecule has 25 heavy (non-hydrogen) atoms. The molecule has 2 aromatic carbocycles. The molecule has 0 saturated heterocycles. The van der Waals surface area contributed by atoms with E-state index in [0.717, 1.165) is 6.92 Å². The normalized spacial score (nSPS) is 11.4. The van der Waals surface area contributed by atoms with E-state index in [0.29, 0.717) is 22.1 Å². The zero-order chi connectivity index (χ0) is 18.0. The number of alkyl halides is 3. The number of carbonyl (C=O) groups excluding carboxylic acids is 1. The first-order valence-electron chi connectivity index (χ1n) is 6.92. The fourth-order valence-corrected chi connectivity index (χ4v) is 2.10. The summed E-state index contributed by atoms with van der Waals surface area (Å²) in [5.74, 6) is -1.02. The number of carbonyl (C=O) groups is 1. The minimum absolute atomic E-state index is 0.0379. The van der Waals surface area contributed by atoms with E-state index < -0.39 is 12.3 Å². The second-order valence-corrected chi connectivity index (χ2v) is 4.93. The van der Waals surface area contributed by atoms with Crippen LogP contribution in [0.1, 0.15) is 6.92 Å². The standard InChI is InChI=1S/C16H10F3NO5/c1-9(21)24-25-15-13-8-11(4-7-14(13)23-20-15)10-2-5-12(6-3-10)22-16(17,18)19/h2-8H,1H3. The van der Waals surface area contributed by atoms with Gasteiger partial charge in [0.15, 0.2) is 5.58 Å². The molecule has 0 bridgehead atoms. The Balaban J connectivity index is 1.88. The largest absolute Gasteiger partial charge is 0.573 e. The Bertz CT molecular complexity index is 902. The van der Waals surface area contributed by atoms with Gasteiger partial charge in [0, 0.05) is 6.92 Å². The zero-order valence-corrected chi connectivity index (χ0v) is 12.7. The van der Waals surface area contributed by atoms with Crippen LogP contribution in [-0.2, 0) is 9.68 Å². The molecule has 0 fully saturated rings. The van der Waals surface area contributed by atoms with E-state index in [9.17, 15) is 18.0 Å². The molecule has 0 spiro atoms. The number of aromatic nitrogens is 1. The van der Waals surface area contributed by atoms with Crippen LogP contribution in [0.5, 0.6) is 11.6 Å². The first-order valence-corrected chi connectivity index (χ1v) is 6.92. The summed E-state index contributed by atoms with van der Waals surface area (Å²) in [6.45, 7) is 1.16. The van der Waals surface area contributed by atoms with Gasteiger partial charge in [-0.1, -0.05) is 18.2 Å². The first-order chi connectivity index (χ1) is 11.8. The topological polar surface area (TPSA) is 70.8 Å². The van der Waals surface area contributed by atoms with Crippen molar-refractivity contribution in [1.29, 1.82) is 0 Å². The minimum Gasteiger partial charge on any atom is -0.406 e. The molecule has 0 aliphatic heterocycles. The van der Waals surface area contributed by atoms with Crippen molar-refractivity contribution in [3.05, 3.63) is 42.5 Å². The lowest BCUT2D eigenvalue weighted by atomic mass is 10.0. The van der Waals surface area contributed by atoms with Crippen LogP contribution >= 0.6 is 0 Å². The summed E-state index contributed by atoms with van der Waals surface area (Å²) in [4.78, 5) is 20.0. The highest BCUT2D eigenvalue weighted by Gasteiger charge is 2.30. The smallest absolute Gasteiger partial charge is 0.406 e. The Morgan fingerprint density at radius 3 is 2.40 bits per heavy atom. The lowest BCUT2D eigenvalue weighted by Crippen LogP contribution is -2.16. The van der Waals surface area contributed by atoms with Crippen molar-refractivity contribution in [2.24, 2.45) is 0 Å². The third-order valence-corrected chi connectivity index (χ3v) is 3.10. The Hall–Kier alpha value is -3.23. The van der Waals surface area contributed by atoms with Gasteiger partial charge in [0.1, 0.15) is 5.75 Å². The average Bonchev–Trinajstić information content (AvgIpc) is 2.94. The van der Waals surface area contributed by atoms with Gasteiger partial charge >= 0.3 is 18.2 Å². The van der Waals surface area contributed by atoms with Gasteiger partial charge in [-0.2, -0.15) is 0 Å². The molecule has 0 aliphatic rings. The molecule has 0 atom stereocenters. The molecule has 0 N–H and O–H groups in total. The van der Waals surface area contributed by atoms with Crippen molar-refractivity contribution in [3.8, 4) is 22.8 Å². The molecule has 0 aliphatic carbocycles. The fourth-order valence-electron chi connectivity index (χ4n) is 2.10. The second-order valence-electron chi connectivity index (χ2n) is 4.93. The second kappa shape index (κ2) is 6.34. The average molecular weight is 353 g/mol. The molecule has 1 aromatic heterocycles. The van der Waals surface area contributed by atoms with Crippen LogP contribution in [0.15, 0.2) is 47.0 Å². The number of nitrogens with zero attached hydrogens (tertiary/aromatic N) is 1. The summed E-state index contributed by atoms with van der Waals surface area (Å²) in [6.07, 6.45) is -4.74. The highest BCUT2D eigenvalue weighted by Crippen LogP contribution is 2.31. The predicted octanol–water partition coefficient (Wildman–Crippen LogP) is 4.25. The number of hydrogen-bond acceptors (Lipinski definition) is 6. The van der Waals surface area contributed by atoms with Gasteiger partial charge in [0.25, 0.3) is 0 Å². The fraction of sp³-hybridized carbons (Fsp3) is 0.125. The quantitative estimate of drug-likeness (QED) is 0.516. The van der Waals surface area contributed by atoms with E-state index in [1.807, 2.05) is 0 Å². The van der Waals surface area contributed by atoms with Crippen molar-refractivity contribution in [2.45, 2.75) is 13.3 Å². The Labute approximate surface area is 138 Å². The Morgan fingerprint density at radius 2 is 1.76 bits per heavy atom.